The van der Waals surface area contributed by atoms with Crippen molar-refractivity contribution in [2.24, 2.45) is 0 Å². The molecule has 0 heterocycles. The fourth-order valence-electron chi connectivity index (χ4n) is 2.20. The summed E-state index contributed by atoms with van der Waals surface area (Å²) in [4.78, 5) is 13.1. The van der Waals surface area contributed by atoms with Crippen LogP contribution in [0.25, 0.3) is 0 Å². The number of carbonyl (C=O) groups excluding carboxylic acids is 1. The lowest BCUT2D eigenvalue weighted by atomic mass is 10.2. The standard InChI is InChI=1S/C18H22N2O4S.ClH/c1-22-15-6-4-12(10-14(15)19)20-18(21)8-9-25-13-5-7-16(23-2)17(11-13)24-3;/h4-7,10-11H,8-9,19H2,1-3H3,(H,20,21);1H. The van der Waals surface area contributed by atoms with E-state index in [1.807, 2.05) is 18.2 Å². The van der Waals surface area contributed by atoms with Crippen LogP contribution in [0.5, 0.6) is 17.2 Å². The van der Waals surface area contributed by atoms with Crippen LogP contribution >= 0.6 is 24.2 Å². The number of nitrogen functional groups attached to an aromatic ring is 1. The van der Waals surface area contributed by atoms with Crippen molar-refractivity contribution in [1.29, 1.82) is 0 Å². The van der Waals surface area contributed by atoms with E-state index in [0.717, 1.165) is 4.90 Å². The highest BCUT2D eigenvalue weighted by Gasteiger charge is 2.08. The Balaban J connectivity index is 0.00000338. The van der Waals surface area contributed by atoms with E-state index in [-0.39, 0.29) is 18.3 Å². The molecule has 8 heteroatoms. The van der Waals surface area contributed by atoms with Crippen LogP contribution < -0.4 is 25.3 Å². The van der Waals surface area contributed by atoms with Gasteiger partial charge in [0.1, 0.15) is 5.75 Å². The van der Waals surface area contributed by atoms with Crippen LogP contribution in [0.4, 0.5) is 11.4 Å². The van der Waals surface area contributed by atoms with Crippen LogP contribution in [0.2, 0.25) is 0 Å². The van der Waals surface area contributed by atoms with E-state index in [0.29, 0.717) is 40.8 Å². The summed E-state index contributed by atoms with van der Waals surface area (Å²) in [7, 11) is 4.75. The third kappa shape index (κ3) is 5.93. The molecule has 1 amide bonds. The minimum atomic E-state index is -0.0717. The summed E-state index contributed by atoms with van der Waals surface area (Å²) < 4.78 is 15.6. The number of amides is 1. The predicted molar refractivity (Wildman–Crippen MR) is 108 cm³/mol. The normalized spacial score (nSPS) is 9.81. The van der Waals surface area contributed by atoms with Crippen molar-refractivity contribution in [1.82, 2.24) is 0 Å². The lowest BCUT2D eigenvalue weighted by Crippen LogP contribution is -2.12. The molecule has 0 aliphatic heterocycles. The Kier molecular flexibility index (Phi) is 8.95. The van der Waals surface area contributed by atoms with Crippen LogP contribution in [0.15, 0.2) is 41.3 Å². The average molecular weight is 399 g/mol. The van der Waals surface area contributed by atoms with E-state index in [1.165, 1.54) is 0 Å². The number of ether oxygens (including phenoxy) is 3. The van der Waals surface area contributed by atoms with E-state index < -0.39 is 0 Å². The number of hydrogen-bond donors (Lipinski definition) is 2. The van der Waals surface area contributed by atoms with Gasteiger partial charge in [0.05, 0.1) is 27.0 Å². The monoisotopic (exact) mass is 398 g/mol. The van der Waals surface area contributed by atoms with Gasteiger partial charge in [-0.3, -0.25) is 4.79 Å². The van der Waals surface area contributed by atoms with Crippen LogP contribution in [0.3, 0.4) is 0 Å². The minimum absolute atomic E-state index is 0. The first-order valence-electron chi connectivity index (χ1n) is 7.65. The third-order valence-corrected chi connectivity index (χ3v) is 4.46. The van der Waals surface area contributed by atoms with Gasteiger partial charge < -0.3 is 25.3 Å². The number of hydrogen-bond acceptors (Lipinski definition) is 6. The Hall–Kier alpha value is -2.25. The summed E-state index contributed by atoms with van der Waals surface area (Å²) in [6.45, 7) is 0. The minimum Gasteiger partial charge on any atom is -0.495 e. The van der Waals surface area contributed by atoms with E-state index in [2.05, 4.69) is 5.32 Å². The molecular formula is C18H23ClN2O4S. The van der Waals surface area contributed by atoms with Crippen molar-refractivity contribution in [3.63, 3.8) is 0 Å². The van der Waals surface area contributed by atoms with Gasteiger partial charge >= 0.3 is 0 Å². The second-order valence-electron chi connectivity index (χ2n) is 5.12. The molecule has 0 aliphatic rings. The fraction of sp³-hybridized carbons (Fsp3) is 0.278. The zero-order chi connectivity index (χ0) is 18.2. The molecule has 0 fully saturated rings. The highest BCUT2D eigenvalue weighted by molar-refractivity contribution is 7.99. The van der Waals surface area contributed by atoms with Gasteiger partial charge in [0, 0.05) is 22.8 Å². The molecule has 0 unspecified atom stereocenters. The molecule has 0 aliphatic carbocycles. The van der Waals surface area contributed by atoms with Crippen molar-refractivity contribution < 1.29 is 19.0 Å². The van der Waals surface area contributed by atoms with Crippen LogP contribution in [-0.2, 0) is 4.79 Å². The highest BCUT2D eigenvalue weighted by Crippen LogP contribution is 2.32. The van der Waals surface area contributed by atoms with Gasteiger partial charge in [-0.05, 0) is 36.4 Å². The van der Waals surface area contributed by atoms with Gasteiger partial charge in [0.2, 0.25) is 5.91 Å². The number of nitrogens with two attached hydrogens (primary N) is 1. The lowest BCUT2D eigenvalue weighted by molar-refractivity contribution is -0.115. The zero-order valence-electron chi connectivity index (χ0n) is 14.9. The summed E-state index contributed by atoms with van der Waals surface area (Å²) in [5.74, 6) is 2.51. The maximum absolute atomic E-state index is 12.1. The number of methoxy groups -OCH3 is 3. The van der Waals surface area contributed by atoms with E-state index in [1.54, 1.807) is 51.3 Å². The Morgan fingerprint density at radius 2 is 1.65 bits per heavy atom. The molecule has 0 aromatic heterocycles. The number of halogens is 1. The summed E-state index contributed by atoms with van der Waals surface area (Å²) in [6.07, 6.45) is 0.380. The van der Waals surface area contributed by atoms with Gasteiger partial charge in [0.25, 0.3) is 0 Å². The predicted octanol–water partition coefficient (Wildman–Crippen LogP) is 3.84. The Bertz CT molecular complexity index is 743. The molecule has 3 N–H and O–H groups in total. The van der Waals surface area contributed by atoms with Crippen molar-refractivity contribution in [2.45, 2.75) is 11.3 Å². The van der Waals surface area contributed by atoms with Gasteiger partial charge in [0.15, 0.2) is 11.5 Å². The van der Waals surface area contributed by atoms with Gasteiger partial charge in [-0.2, -0.15) is 0 Å². The molecular weight excluding hydrogens is 376 g/mol. The maximum Gasteiger partial charge on any atom is 0.225 e. The fourth-order valence-corrected chi connectivity index (χ4v) is 3.08. The molecule has 2 rings (SSSR count). The van der Waals surface area contributed by atoms with Gasteiger partial charge in [-0.15, -0.1) is 24.2 Å². The molecule has 142 valence electrons. The highest BCUT2D eigenvalue weighted by atomic mass is 35.5. The quantitative estimate of drug-likeness (QED) is 0.519. The number of anilines is 2. The third-order valence-electron chi connectivity index (χ3n) is 3.47. The molecule has 0 atom stereocenters. The second kappa shape index (κ2) is 10.7. The van der Waals surface area contributed by atoms with Crippen LogP contribution in [0, 0.1) is 0 Å². The molecule has 2 aromatic carbocycles. The maximum atomic E-state index is 12.1. The second-order valence-corrected chi connectivity index (χ2v) is 6.29. The Morgan fingerprint density at radius 3 is 2.27 bits per heavy atom. The molecule has 0 saturated heterocycles. The van der Waals surface area contributed by atoms with Crippen molar-refractivity contribution >= 4 is 41.5 Å². The summed E-state index contributed by atoms with van der Waals surface area (Å²) >= 11 is 1.58. The Labute approximate surface area is 163 Å². The molecule has 0 bridgehead atoms. The lowest BCUT2D eigenvalue weighted by Gasteiger charge is -2.10. The van der Waals surface area contributed by atoms with Crippen molar-refractivity contribution in [3.05, 3.63) is 36.4 Å². The SMILES string of the molecule is COc1ccc(NC(=O)CCSc2ccc(OC)c(OC)c2)cc1N.Cl. The molecule has 0 spiro atoms. The first-order valence-corrected chi connectivity index (χ1v) is 8.64. The molecule has 2 aromatic rings. The summed E-state index contributed by atoms with van der Waals surface area (Å²) in [5, 5.41) is 2.83. The molecule has 6 nitrogen and oxygen atoms in total. The average Bonchev–Trinajstić information content (AvgIpc) is 2.61. The number of benzene rings is 2. The number of carbonyl (C=O) groups is 1. The number of thioether (sulfide) groups is 1. The van der Waals surface area contributed by atoms with E-state index in [4.69, 9.17) is 19.9 Å². The van der Waals surface area contributed by atoms with E-state index in [9.17, 15) is 4.79 Å². The molecule has 0 saturated carbocycles. The number of nitrogens with one attached hydrogen (secondary N) is 1. The largest absolute Gasteiger partial charge is 0.495 e. The van der Waals surface area contributed by atoms with E-state index >= 15 is 0 Å². The molecule has 0 radical (unpaired) electrons. The van der Waals surface area contributed by atoms with Crippen molar-refractivity contribution in [2.75, 3.05) is 38.1 Å². The smallest absolute Gasteiger partial charge is 0.225 e. The topological polar surface area (TPSA) is 82.8 Å². The van der Waals surface area contributed by atoms with Gasteiger partial charge in [-0.1, -0.05) is 0 Å². The first-order chi connectivity index (χ1) is 12.1. The first kappa shape index (κ1) is 21.8. The van der Waals surface area contributed by atoms with Gasteiger partial charge in [-0.25, -0.2) is 0 Å². The van der Waals surface area contributed by atoms with Crippen LogP contribution in [-0.4, -0.2) is 33.0 Å². The number of rotatable bonds is 8. The zero-order valence-corrected chi connectivity index (χ0v) is 16.5. The summed E-state index contributed by atoms with van der Waals surface area (Å²) in [6, 6.07) is 10.8. The van der Waals surface area contributed by atoms with Crippen LogP contribution in [0.1, 0.15) is 6.42 Å². The summed E-state index contributed by atoms with van der Waals surface area (Å²) in [5.41, 5.74) is 6.97. The van der Waals surface area contributed by atoms with Crippen molar-refractivity contribution in [3.8, 4) is 17.2 Å². The molecule has 26 heavy (non-hydrogen) atoms. The Morgan fingerprint density at radius 1 is 1.00 bits per heavy atom.